The second-order valence-electron chi connectivity index (χ2n) is 6.31. The Bertz CT molecular complexity index is 770. The van der Waals surface area contributed by atoms with Crippen molar-refractivity contribution < 1.29 is 14.3 Å². The van der Waals surface area contributed by atoms with Crippen molar-refractivity contribution in [3.05, 3.63) is 47.7 Å². The fourth-order valence-electron chi connectivity index (χ4n) is 3.30. The van der Waals surface area contributed by atoms with Gasteiger partial charge >= 0.3 is 0 Å². The molecule has 1 aromatic heterocycles. The van der Waals surface area contributed by atoms with E-state index in [1.54, 1.807) is 11.1 Å². The Morgan fingerprint density at radius 1 is 1.24 bits per heavy atom. The molecule has 1 aromatic carbocycles. The molecule has 2 aromatic rings. The molecule has 0 unspecified atom stereocenters. The number of morpholine rings is 1. The molecule has 4 rings (SSSR count). The largest absolute Gasteiger partial charge is 0.488 e. The predicted octanol–water partition coefficient (Wildman–Crippen LogP) is 1.48. The molecule has 1 atom stereocenters. The number of nitrogens with zero attached hydrogens (tertiary/aromatic N) is 2. The zero-order chi connectivity index (χ0) is 17.2. The summed E-state index contributed by atoms with van der Waals surface area (Å²) in [5.74, 6) is 0.859. The van der Waals surface area contributed by atoms with Crippen LogP contribution in [0.5, 0.6) is 5.75 Å². The Hall–Kier alpha value is -2.44. The van der Waals surface area contributed by atoms with Crippen LogP contribution >= 0.6 is 0 Å². The van der Waals surface area contributed by atoms with E-state index in [-0.39, 0.29) is 12.0 Å². The molecule has 2 aliphatic heterocycles. The maximum Gasteiger partial charge on any atom is 0.255 e. The maximum atomic E-state index is 12.5. The van der Waals surface area contributed by atoms with E-state index in [1.807, 2.05) is 24.3 Å². The van der Waals surface area contributed by atoms with Gasteiger partial charge in [0, 0.05) is 37.8 Å². The number of aromatic nitrogens is 1. The van der Waals surface area contributed by atoms with Gasteiger partial charge in [-0.1, -0.05) is 12.1 Å². The second-order valence-corrected chi connectivity index (χ2v) is 6.31. The van der Waals surface area contributed by atoms with Gasteiger partial charge in [-0.3, -0.25) is 9.78 Å². The van der Waals surface area contributed by atoms with Gasteiger partial charge in [0.2, 0.25) is 0 Å². The van der Waals surface area contributed by atoms with Crippen LogP contribution in [0.3, 0.4) is 0 Å². The summed E-state index contributed by atoms with van der Waals surface area (Å²) < 4.78 is 11.3. The molecule has 1 fully saturated rings. The third-order valence-corrected chi connectivity index (χ3v) is 4.68. The zero-order valence-corrected chi connectivity index (χ0v) is 14.0. The smallest absolute Gasteiger partial charge is 0.255 e. The molecule has 25 heavy (non-hydrogen) atoms. The predicted molar refractivity (Wildman–Crippen MR) is 93.6 cm³/mol. The molecule has 2 N–H and O–H groups in total. The first-order valence-electron chi connectivity index (χ1n) is 8.58. The lowest BCUT2D eigenvalue weighted by atomic mass is 10.0. The van der Waals surface area contributed by atoms with Gasteiger partial charge in [0.25, 0.3) is 5.91 Å². The number of para-hydroxylation sites is 1. The number of nitrogens with two attached hydrogens (primary N) is 1. The summed E-state index contributed by atoms with van der Waals surface area (Å²) in [6.07, 6.45) is 2.49. The summed E-state index contributed by atoms with van der Waals surface area (Å²) in [6, 6.07) is 9.76. The van der Waals surface area contributed by atoms with Crippen LogP contribution in [0.15, 0.2) is 36.5 Å². The first-order chi connectivity index (χ1) is 12.3. The van der Waals surface area contributed by atoms with Crippen molar-refractivity contribution in [1.29, 1.82) is 0 Å². The number of carbonyl (C=O) groups excluding carboxylic acids is 1. The first-order valence-corrected chi connectivity index (χ1v) is 8.58. The highest BCUT2D eigenvalue weighted by Crippen LogP contribution is 2.37. The highest BCUT2D eigenvalue weighted by molar-refractivity contribution is 5.94. The summed E-state index contributed by atoms with van der Waals surface area (Å²) >= 11 is 0. The van der Waals surface area contributed by atoms with E-state index >= 15 is 0 Å². The van der Waals surface area contributed by atoms with Gasteiger partial charge in [-0.2, -0.15) is 0 Å². The highest BCUT2D eigenvalue weighted by Gasteiger charge is 2.25. The van der Waals surface area contributed by atoms with E-state index in [9.17, 15) is 4.79 Å². The van der Waals surface area contributed by atoms with E-state index < -0.39 is 0 Å². The molecular formula is C19H21N3O3. The summed E-state index contributed by atoms with van der Waals surface area (Å²) in [4.78, 5) is 18.8. The Morgan fingerprint density at radius 2 is 2.08 bits per heavy atom. The van der Waals surface area contributed by atoms with Crippen molar-refractivity contribution in [2.75, 3.05) is 32.8 Å². The standard InChI is InChI=1S/C19H21N3O3/c20-11-15-10-13-2-1-3-16(18(13)25-15)17-5-4-14(12-21-17)19(23)22-6-8-24-9-7-22/h1-5,12,15H,6-11,20H2/t15-/m0/s1. The summed E-state index contributed by atoms with van der Waals surface area (Å²) in [7, 11) is 0. The number of rotatable bonds is 3. The fraction of sp³-hybridized carbons (Fsp3) is 0.368. The summed E-state index contributed by atoms with van der Waals surface area (Å²) in [5.41, 5.74) is 9.23. The Kier molecular flexibility index (Phi) is 4.38. The van der Waals surface area contributed by atoms with Gasteiger partial charge in [-0.15, -0.1) is 0 Å². The first kappa shape index (κ1) is 16.1. The van der Waals surface area contributed by atoms with Crippen molar-refractivity contribution >= 4 is 5.91 Å². The molecule has 3 heterocycles. The van der Waals surface area contributed by atoms with Crippen LogP contribution in [0.25, 0.3) is 11.3 Å². The molecule has 0 radical (unpaired) electrons. The summed E-state index contributed by atoms with van der Waals surface area (Å²) in [6.45, 7) is 2.93. The number of benzene rings is 1. The number of pyridine rings is 1. The molecule has 130 valence electrons. The van der Waals surface area contributed by atoms with Crippen LogP contribution in [-0.2, 0) is 11.2 Å². The van der Waals surface area contributed by atoms with Crippen LogP contribution in [0.4, 0.5) is 0 Å². The van der Waals surface area contributed by atoms with Crippen molar-refractivity contribution in [2.45, 2.75) is 12.5 Å². The number of ether oxygens (including phenoxy) is 2. The lowest BCUT2D eigenvalue weighted by Crippen LogP contribution is -2.40. The van der Waals surface area contributed by atoms with Crippen molar-refractivity contribution in [1.82, 2.24) is 9.88 Å². The van der Waals surface area contributed by atoms with Crippen molar-refractivity contribution in [2.24, 2.45) is 5.73 Å². The molecular weight excluding hydrogens is 318 g/mol. The molecule has 0 bridgehead atoms. The normalized spacial score (nSPS) is 19.4. The van der Waals surface area contributed by atoms with Gasteiger partial charge in [-0.05, 0) is 23.8 Å². The van der Waals surface area contributed by atoms with Crippen LogP contribution in [-0.4, -0.2) is 54.7 Å². The second kappa shape index (κ2) is 6.82. The fourth-order valence-corrected chi connectivity index (χ4v) is 3.30. The van der Waals surface area contributed by atoms with E-state index in [0.29, 0.717) is 38.4 Å². The number of hydrogen-bond donors (Lipinski definition) is 1. The van der Waals surface area contributed by atoms with Crippen molar-refractivity contribution in [3.8, 4) is 17.0 Å². The molecule has 0 spiro atoms. The molecule has 2 aliphatic rings. The van der Waals surface area contributed by atoms with Gasteiger partial charge in [0.15, 0.2) is 0 Å². The minimum atomic E-state index is 0.0000799. The van der Waals surface area contributed by atoms with Crippen LogP contribution in [0.1, 0.15) is 15.9 Å². The summed E-state index contributed by atoms with van der Waals surface area (Å²) in [5, 5.41) is 0. The highest BCUT2D eigenvalue weighted by atomic mass is 16.5. The molecule has 0 saturated carbocycles. The van der Waals surface area contributed by atoms with E-state index in [4.69, 9.17) is 15.2 Å². The van der Waals surface area contributed by atoms with E-state index in [0.717, 1.165) is 29.0 Å². The maximum absolute atomic E-state index is 12.5. The topological polar surface area (TPSA) is 77.7 Å². The Balaban J connectivity index is 1.57. The lowest BCUT2D eigenvalue weighted by molar-refractivity contribution is 0.0302. The SMILES string of the molecule is NC[C@@H]1Cc2cccc(-c3ccc(C(=O)N4CCOCC4)cn3)c2O1. The van der Waals surface area contributed by atoms with Crippen molar-refractivity contribution in [3.63, 3.8) is 0 Å². The minimum Gasteiger partial charge on any atom is -0.488 e. The number of hydrogen-bond acceptors (Lipinski definition) is 5. The number of carbonyl (C=O) groups is 1. The van der Waals surface area contributed by atoms with Crippen LogP contribution in [0.2, 0.25) is 0 Å². The van der Waals surface area contributed by atoms with Gasteiger partial charge < -0.3 is 20.1 Å². The average molecular weight is 339 g/mol. The molecule has 1 amide bonds. The molecule has 1 saturated heterocycles. The monoisotopic (exact) mass is 339 g/mol. The third-order valence-electron chi connectivity index (χ3n) is 4.68. The van der Waals surface area contributed by atoms with Gasteiger partial charge in [0.05, 0.1) is 24.5 Å². The molecule has 6 nitrogen and oxygen atoms in total. The van der Waals surface area contributed by atoms with E-state index in [2.05, 4.69) is 11.1 Å². The Morgan fingerprint density at radius 3 is 2.80 bits per heavy atom. The quantitative estimate of drug-likeness (QED) is 0.916. The van der Waals surface area contributed by atoms with Gasteiger partial charge in [0.1, 0.15) is 11.9 Å². The number of fused-ring (bicyclic) bond motifs is 1. The average Bonchev–Trinajstić information content (AvgIpc) is 3.12. The van der Waals surface area contributed by atoms with E-state index in [1.165, 1.54) is 0 Å². The van der Waals surface area contributed by atoms with Crippen LogP contribution < -0.4 is 10.5 Å². The van der Waals surface area contributed by atoms with Crippen LogP contribution in [0, 0.1) is 0 Å². The third kappa shape index (κ3) is 3.10. The zero-order valence-electron chi connectivity index (χ0n) is 14.0. The molecule has 6 heteroatoms. The lowest BCUT2D eigenvalue weighted by Gasteiger charge is -2.26. The number of amides is 1. The Labute approximate surface area is 146 Å². The van der Waals surface area contributed by atoms with Gasteiger partial charge in [-0.25, -0.2) is 0 Å². The minimum absolute atomic E-state index is 0.0000799. The molecule has 0 aliphatic carbocycles.